The molecule has 6 aromatic carbocycles. The quantitative estimate of drug-likeness (QED) is 0.192. The van der Waals surface area contributed by atoms with Crippen molar-refractivity contribution in [2.45, 2.75) is 12.3 Å². The molecule has 3 heteroatoms. The molecular weight excluding hydrogens is 609 g/mol. The van der Waals surface area contributed by atoms with E-state index in [1.807, 2.05) is 13.0 Å². The summed E-state index contributed by atoms with van der Waals surface area (Å²) in [7, 11) is 0. The summed E-state index contributed by atoms with van der Waals surface area (Å²) >= 11 is 0. The lowest BCUT2D eigenvalue weighted by molar-refractivity contribution is 0.436. The topological polar surface area (TPSA) is 27.1 Å². The number of ether oxygens (including phenoxy) is 1. The molecule has 0 atom stereocenters. The zero-order valence-electron chi connectivity index (χ0n) is 27.6. The molecular formula is C47H32N2O. The van der Waals surface area contributed by atoms with E-state index in [9.17, 15) is 0 Å². The number of nitrogens with zero attached hydrogens (tertiary/aromatic N) is 2. The standard InChI is InChI=1S/C47H32N2O/c1-3-4-18-32-30(2)48-46(28-35(32)31-16-6-5-7-17-31)49-42-24-13-9-20-34(42)37-27-36-33-19-8-10-21-38(33)47(41(36)29-43(37)49)39-22-11-14-25-44(39)50-45-26-15-12-23-40(45)47/h3-29H,2H2,1H3/b4-3-,32-18+. The molecule has 0 amide bonds. The van der Waals surface area contributed by atoms with Gasteiger partial charge in [-0.15, -0.1) is 0 Å². The Balaban J connectivity index is 1.35. The summed E-state index contributed by atoms with van der Waals surface area (Å²) in [6.07, 6.45) is 6.21. The number of para-hydroxylation sites is 3. The number of benzene rings is 6. The molecule has 1 spiro atoms. The molecule has 236 valence electrons. The van der Waals surface area contributed by atoms with Crippen LogP contribution in [-0.2, 0) is 5.41 Å². The van der Waals surface area contributed by atoms with Crippen molar-refractivity contribution in [3.63, 3.8) is 0 Å². The SMILES string of the molecule is C=c1nc(-n2c3ccccc3c3cc4c(cc32)C2(c3ccccc3Oc3ccccc32)c2ccccc2-4)cc(-c2ccccc2)/c1=C/C=C\C. The van der Waals surface area contributed by atoms with Crippen LogP contribution in [0.25, 0.3) is 62.5 Å². The molecule has 2 aromatic heterocycles. The summed E-state index contributed by atoms with van der Waals surface area (Å²) in [5, 5.41) is 4.14. The average molecular weight is 641 g/mol. The highest BCUT2D eigenvalue weighted by Gasteiger charge is 2.51. The van der Waals surface area contributed by atoms with Crippen LogP contribution in [0.5, 0.6) is 11.5 Å². The fraction of sp³-hybridized carbons (Fsp3) is 0.0426. The smallest absolute Gasteiger partial charge is 0.138 e. The van der Waals surface area contributed by atoms with Gasteiger partial charge in [0.1, 0.15) is 17.3 Å². The van der Waals surface area contributed by atoms with Gasteiger partial charge in [-0.1, -0.05) is 134 Å². The van der Waals surface area contributed by atoms with Gasteiger partial charge in [0.05, 0.1) is 21.8 Å². The van der Waals surface area contributed by atoms with Gasteiger partial charge in [-0.2, -0.15) is 0 Å². The van der Waals surface area contributed by atoms with Gasteiger partial charge in [-0.3, -0.25) is 4.57 Å². The molecule has 0 N–H and O–H groups in total. The van der Waals surface area contributed by atoms with E-state index in [4.69, 9.17) is 9.72 Å². The van der Waals surface area contributed by atoms with Crippen molar-refractivity contribution in [2.75, 3.05) is 0 Å². The minimum atomic E-state index is -0.557. The Morgan fingerprint density at radius 2 is 1.26 bits per heavy atom. The maximum atomic E-state index is 6.60. The summed E-state index contributed by atoms with van der Waals surface area (Å²) < 4.78 is 8.93. The Bertz CT molecular complexity index is 2780. The fourth-order valence-electron chi connectivity index (χ4n) is 8.50. The van der Waals surface area contributed by atoms with E-state index in [2.05, 4.69) is 169 Å². The number of pyridine rings is 1. The van der Waals surface area contributed by atoms with Gasteiger partial charge >= 0.3 is 0 Å². The Labute approximate surface area is 290 Å². The molecule has 8 aromatic rings. The molecule has 50 heavy (non-hydrogen) atoms. The number of aromatic nitrogens is 2. The second-order valence-corrected chi connectivity index (χ2v) is 13.1. The second kappa shape index (κ2) is 10.8. The van der Waals surface area contributed by atoms with Crippen LogP contribution in [0.1, 0.15) is 29.2 Å². The minimum Gasteiger partial charge on any atom is -0.457 e. The van der Waals surface area contributed by atoms with Crippen LogP contribution in [0.15, 0.2) is 158 Å². The molecule has 0 saturated heterocycles. The molecule has 0 bridgehead atoms. The van der Waals surface area contributed by atoms with Crippen LogP contribution >= 0.6 is 0 Å². The van der Waals surface area contributed by atoms with Gasteiger partial charge in [0, 0.05) is 27.1 Å². The largest absolute Gasteiger partial charge is 0.457 e. The summed E-state index contributed by atoms with van der Waals surface area (Å²) in [6.45, 7) is 6.52. The lowest BCUT2D eigenvalue weighted by Gasteiger charge is -2.39. The summed E-state index contributed by atoms with van der Waals surface area (Å²) in [4.78, 5) is 5.23. The molecule has 0 unspecified atom stereocenters. The zero-order chi connectivity index (χ0) is 33.4. The Morgan fingerprint density at radius 3 is 2.02 bits per heavy atom. The number of fused-ring (bicyclic) bond motifs is 12. The summed E-state index contributed by atoms with van der Waals surface area (Å²) in [6, 6.07) is 52.2. The van der Waals surface area contributed by atoms with Crippen LogP contribution in [-0.4, -0.2) is 9.55 Å². The van der Waals surface area contributed by atoms with E-state index in [-0.39, 0.29) is 0 Å². The van der Waals surface area contributed by atoms with Crippen molar-refractivity contribution in [2.24, 2.45) is 0 Å². The van der Waals surface area contributed by atoms with Crippen molar-refractivity contribution in [1.29, 1.82) is 0 Å². The van der Waals surface area contributed by atoms with E-state index in [1.54, 1.807) is 0 Å². The van der Waals surface area contributed by atoms with Crippen LogP contribution in [0.4, 0.5) is 0 Å². The van der Waals surface area contributed by atoms with Gasteiger partial charge in [-0.05, 0) is 76.7 Å². The van der Waals surface area contributed by atoms with E-state index >= 15 is 0 Å². The van der Waals surface area contributed by atoms with Gasteiger partial charge in [-0.25, -0.2) is 4.98 Å². The van der Waals surface area contributed by atoms with Gasteiger partial charge in [0.15, 0.2) is 0 Å². The third kappa shape index (κ3) is 3.83. The van der Waals surface area contributed by atoms with Crippen LogP contribution < -0.4 is 15.3 Å². The number of rotatable bonds is 3. The summed E-state index contributed by atoms with van der Waals surface area (Å²) in [5.41, 5.74) is 11.2. The first-order valence-corrected chi connectivity index (χ1v) is 17.1. The first-order chi connectivity index (χ1) is 24.7. The predicted octanol–water partition coefficient (Wildman–Crippen LogP) is 10.1. The number of hydrogen-bond acceptors (Lipinski definition) is 2. The predicted molar refractivity (Wildman–Crippen MR) is 205 cm³/mol. The highest BCUT2D eigenvalue weighted by molar-refractivity contribution is 6.12. The molecule has 0 saturated carbocycles. The molecule has 1 aliphatic carbocycles. The van der Waals surface area contributed by atoms with Crippen LogP contribution in [0.2, 0.25) is 0 Å². The highest BCUT2D eigenvalue weighted by atomic mass is 16.5. The van der Waals surface area contributed by atoms with Crippen molar-refractivity contribution in [3.05, 3.63) is 191 Å². The Morgan fingerprint density at radius 1 is 0.600 bits per heavy atom. The highest BCUT2D eigenvalue weighted by Crippen LogP contribution is 2.62. The third-order valence-electron chi connectivity index (χ3n) is 10.5. The second-order valence-electron chi connectivity index (χ2n) is 13.1. The molecule has 0 radical (unpaired) electrons. The third-order valence-corrected chi connectivity index (χ3v) is 10.5. The van der Waals surface area contributed by atoms with E-state index in [0.717, 1.165) is 61.2 Å². The van der Waals surface area contributed by atoms with Gasteiger partial charge in [0.25, 0.3) is 0 Å². The minimum absolute atomic E-state index is 0.557. The van der Waals surface area contributed by atoms with Gasteiger partial charge in [0.2, 0.25) is 0 Å². The summed E-state index contributed by atoms with van der Waals surface area (Å²) in [5.74, 6) is 2.62. The normalized spacial score (nSPS) is 14.1. The van der Waals surface area contributed by atoms with E-state index in [1.165, 1.54) is 33.0 Å². The maximum absolute atomic E-state index is 6.60. The fourth-order valence-corrected chi connectivity index (χ4v) is 8.50. The van der Waals surface area contributed by atoms with Crippen LogP contribution in [0.3, 0.4) is 0 Å². The first-order valence-electron chi connectivity index (χ1n) is 17.1. The molecule has 3 heterocycles. The average Bonchev–Trinajstić information content (AvgIpc) is 3.64. The lowest BCUT2D eigenvalue weighted by Crippen LogP contribution is -2.32. The molecule has 1 aliphatic heterocycles. The van der Waals surface area contributed by atoms with Crippen molar-refractivity contribution in [3.8, 4) is 39.6 Å². The van der Waals surface area contributed by atoms with Crippen LogP contribution in [0, 0.1) is 0 Å². The van der Waals surface area contributed by atoms with E-state index in [0.29, 0.717) is 0 Å². The lowest BCUT2D eigenvalue weighted by atomic mass is 9.66. The molecule has 0 fully saturated rings. The van der Waals surface area contributed by atoms with Gasteiger partial charge < -0.3 is 4.74 Å². The number of allylic oxidation sites excluding steroid dienone is 2. The molecule has 2 aliphatic rings. The van der Waals surface area contributed by atoms with E-state index < -0.39 is 5.41 Å². The zero-order valence-corrected chi connectivity index (χ0v) is 27.6. The monoisotopic (exact) mass is 640 g/mol. The molecule has 3 nitrogen and oxygen atoms in total. The van der Waals surface area contributed by atoms with Crippen molar-refractivity contribution in [1.82, 2.24) is 9.55 Å². The maximum Gasteiger partial charge on any atom is 0.138 e. The number of hydrogen-bond donors (Lipinski definition) is 0. The first kappa shape index (κ1) is 28.6. The molecule has 10 rings (SSSR count). The van der Waals surface area contributed by atoms with Crippen molar-refractivity contribution >= 4 is 34.5 Å². The Kier molecular flexibility index (Phi) is 6.16. The van der Waals surface area contributed by atoms with Crippen molar-refractivity contribution < 1.29 is 4.74 Å². The Hall–Kier alpha value is -6.45.